The third-order valence-corrected chi connectivity index (χ3v) is 11.3. The second kappa shape index (κ2) is 9.52. The van der Waals surface area contributed by atoms with Crippen molar-refractivity contribution in [2.75, 3.05) is 24.7 Å². The van der Waals surface area contributed by atoms with Gasteiger partial charge in [0.05, 0.1) is 30.2 Å². The molecule has 0 aromatic rings. The number of rotatable bonds is 7. The van der Waals surface area contributed by atoms with Crippen molar-refractivity contribution in [2.24, 2.45) is 0 Å². The van der Waals surface area contributed by atoms with Gasteiger partial charge in [0.2, 0.25) is 0 Å². The maximum atomic E-state index is 9.03. The van der Waals surface area contributed by atoms with Gasteiger partial charge in [-0.2, -0.15) is 0 Å². The van der Waals surface area contributed by atoms with Crippen LogP contribution in [0.4, 0.5) is 0 Å². The van der Waals surface area contributed by atoms with Crippen molar-refractivity contribution in [1.29, 1.82) is 0 Å². The van der Waals surface area contributed by atoms with E-state index in [1.165, 1.54) is 26.8 Å². The minimum Gasteiger partial charge on any atom is -0.396 e. The van der Waals surface area contributed by atoms with E-state index in [0.29, 0.717) is 0 Å². The lowest BCUT2D eigenvalue weighted by atomic mass is 10.4. The first-order chi connectivity index (χ1) is 10.2. The van der Waals surface area contributed by atoms with Crippen LogP contribution in [0, 0.1) is 0 Å². The highest BCUT2D eigenvalue weighted by Gasteiger charge is 2.28. The van der Waals surface area contributed by atoms with E-state index in [4.69, 9.17) is 10.2 Å². The highest BCUT2D eigenvalue weighted by Crippen LogP contribution is 2.63. The van der Waals surface area contributed by atoms with Gasteiger partial charge >= 0.3 is 0 Å². The molecule has 21 heavy (non-hydrogen) atoms. The van der Waals surface area contributed by atoms with Gasteiger partial charge in [0.15, 0.2) is 0 Å². The molecule has 0 aliphatic carbocycles. The Morgan fingerprint density at radius 3 is 1.81 bits per heavy atom. The van der Waals surface area contributed by atoms with E-state index < -0.39 is 0 Å². The van der Waals surface area contributed by atoms with Gasteiger partial charge in [-0.25, -0.2) is 0 Å². The average molecular weight is 399 g/mol. The van der Waals surface area contributed by atoms with Crippen LogP contribution in [0.1, 0.15) is 20.3 Å². The van der Waals surface area contributed by atoms with Crippen molar-refractivity contribution in [2.45, 2.75) is 20.3 Å². The quantitative estimate of drug-likeness (QED) is 0.599. The zero-order chi connectivity index (χ0) is 15.2. The standard InChI is InChI=1S/C13H18O2S6/c1-3-9-8(2)18-12(19-9)13-20-10(16-6-4-14)11(21-13)17-7-5-15/h14-15H,3-7H2,1-2H3. The molecule has 2 N–H and O–H groups in total. The molecular weight excluding hydrogens is 381 g/mol. The highest BCUT2D eigenvalue weighted by atomic mass is 32.3. The van der Waals surface area contributed by atoms with Crippen molar-refractivity contribution < 1.29 is 10.2 Å². The first kappa shape index (κ1) is 18.6. The van der Waals surface area contributed by atoms with Crippen LogP contribution in [0.5, 0.6) is 0 Å². The van der Waals surface area contributed by atoms with Gasteiger partial charge in [0.1, 0.15) is 0 Å². The fourth-order valence-electron chi connectivity index (χ4n) is 1.61. The van der Waals surface area contributed by atoms with Gasteiger partial charge in [0, 0.05) is 11.5 Å². The van der Waals surface area contributed by atoms with Crippen molar-refractivity contribution in [3.8, 4) is 0 Å². The molecule has 0 amide bonds. The Morgan fingerprint density at radius 2 is 1.38 bits per heavy atom. The number of aliphatic hydroxyl groups is 2. The van der Waals surface area contributed by atoms with E-state index in [1.807, 2.05) is 47.0 Å². The van der Waals surface area contributed by atoms with E-state index >= 15 is 0 Å². The summed E-state index contributed by atoms with van der Waals surface area (Å²) in [4.78, 5) is 2.90. The fraction of sp³-hybridized carbons (Fsp3) is 0.538. The van der Waals surface area contributed by atoms with Gasteiger partial charge in [0.25, 0.3) is 0 Å². The molecule has 0 unspecified atom stereocenters. The largest absolute Gasteiger partial charge is 0.396 e. The third-order valence-electron chi connectivity index (χ3n) is 2.53. The lowest BCUT2D eigenvalue weighted by molar-refractivity contribution is 0.322. The van der Waals surface area contributed by atoms with Crippen LogP contribution >= 0.6 is 70.6 Å². The van der Waals surface area contributed by atoms with Crippen LogP contribution < -0.4 is 0 Å². The van der Waals surface area contributed by atoms with Gasteiger partial charge in [-0.3, -0.25) is 0 Å². The molecule has 0 aromatic heterocycles. The molecule has 0 fully saturated rings. The number of hydrogen-bond donors (Lipinski definition) is 2. The van der Waals surface area contributed by atoms with Crippen LogP contribution in [-0.4, -0.2) is 34.9 Å². The Hall–Kier alpha value is 1.24. The number of aliphatic hydroxyl groups excluding tert-OH is 2. The fourth-order valence-corrected chi connectivity index (χ4v) is 10.0. The molecule has 0 bridgehead atoms. The first-order valence-electron chi connectivity index (χ1n) is 6.56. The zero-order valence-electron chi connectivity index (χ0n) is 11.9. The lowest BCUT2D eigenvalue weighted by Gasteiger charge is -2.02. The minimum atomic E-state index is 0.202. The maximum absolute atomic E-state index is 9.03. The van der Waals surface area contributed by atoms with Crippen LogP contribution in [-0.2, 0) is 0 Å². The Balaban J connectivity index is 2.07. The van der Waals surface area contributed by atoms with E-state index in [1.54, 1.807) is 23.5 Å². The van der Waals surface area contributed by atoms with Gasteiger partial charge in [-0.1, -0.05) is 54.0 Å². The summed E-state index contributed by atoms with van der Waals surface area (Å²) in [5.74, 6) is 1.46. The normalized spacial score (nSPS) is 19.4. The van der Waals surface area contributed by atoms with E-state index in [0.717, 1.165) is 17.9 Å². The van der Waals surface area contributed by atoms with Crippen molar-refractivity contribution in [3.63, 3.8) is 0 Å². The number of allylic oxidation sites excluding steroid dienone is 2. The van der Waals surface area contributed by atoms with Crippen LogP contribution in [0.15, 0.2) is 26.8 Å². The lowest BCUT2D eigenvalue weighted by Crippen LogP contribution is -1.87. The van der Waals surface area contributed by atoms with E-state index in [2.05, 4.69) is 13.8 Å². The van der Waals surface area contributed by atoms with Crippen LogP contribution in [0.2, 0.25) is 0 Å². The molecule has 2 heterocycles. The summed E-state index contributed by atoms with van der Waals surface area (Å²) in [6.07, 6.45) is 1.10. The molecule has 0 spiro atoms. The molecule has 0 radical (unpaired) electrons. The smallest absolute Gasteiger partial charge is 0.0717 e. The monoisotopic (exact) mass is 398 g/mol. The molecule has 0 aromatic carbocycles. The van der Waals surface area contributed by atoms with Crippen LogP contribution in [0.25, 0.3) is 0 Å². The van der Waals surface area contributed by atoms with Crippen molar-refractivity contribution in [3.05, 3.63) is 26.8 Å². The predicted octanol–water partition coefficient (Wildman–Crippen LogP) is 5.29. The molecule has 2 aliphatic rings. The Kier molecular flexibility index (Phi) is 8.42. The molecule has 118 valence electrons. The SMILES string of the molecule is CCC1=C(C)SC(=C2SC(SCCO)=C(SCCO)S2)S1. The average Bonchev–Trinajstić information content (AvgIpc) is 3.06. The summed E-state index contributed by atoms with van der Waals surface area (Å²) >= 11 is 10.9. The summed E-state index contributed by atoms with van der Waals surface area (Å²) in [5, 5.41) is 18.1. The van der Waals surface area contributed by atoms with E-state index in [9.17, 15) is 0 Å². The Bertz CT molecular complexity index is 461. The minimum absolute atomic E-state index is 0.202. The topological polar surface area (TPSA) is 40.5 Å². The summed E-state index contributed by atoms with van der Waals surface area (Å²) in [7, 11) is 0. The zero-order valence-corrected chi connectivity index (χ0v) is 16.8. The summed E-state index contributed by atoms with van der Waals surface area (Å²) < 4.78 is 5.30. The summed E-state index contributed by atoms with van der Waals surface area (Å²) in [6, 6.07) is 0. The molecule has 0 atom stereocenters. The molecule has 2 aliphatic heterocycles. The van der Waals surface area contributed by atoms with Gasteiger partial charge in [-0.15, -0.1) is 23.5 Å². The molecule has 2 rings (SSSR count). The second-order valence-corrected chi connectivity index (χ2v) is 11.7. The highest BCUT2D eigenvalue weighted by molar-refractivity contribution is 8.42. The number of thioether (sulfide) groups is 6. The molecule has 0 saturated carbocycles. The number of hydrogen-bond acceptors (Lipinski definition) is 8. The van der Waals surface area contributed by atoms with Gasteiger partial charge < -0.3 is 10.2 Å². The Morgan fingerprint density at radius 1 is 0.857 bits per heavy atom. The second-order valence-electron chi connectivity index (χ2n) is 4.04. The van der Waals surface area contributed by atoms with Crippen molar-refractivity contribution >= 4 is 70.6 Å². The maximum Gasteiger partial charge on any atom is 0.0717 e. The first-order valence-corrected chi connectivity index (χ1v) is 11.8. The van der Waals surface area contributed by atoms with E-state index in [-0.39, 0.29) is 13.2 Å². The Labute approximate surface area is 151 Å². The third kappa shape index (κ3) is 5.11. The van der Waals surface area contributed by atoms with Gasteiger partial charge in [-0.05, 0) is 23.2 Å². The summed E-state index contributed by atoms with van der Waals surface area (Å²) in [6.45, 7) is 4.81. The van der Waals surface area contributed by atoms with Crippen molar-refractivity contribution in [1.82, 2.24) is 0 Å². The predicted molar refractivity (Wildman–Crippen MR) is 106 cm³/mol. The molecule has 2 nitrogen and oxygen atoms in total. The van der Waals surface area contributed by atoms with Crippen LogP contribution in [0.3, 0.4) is 0 Å². The molecular formula is C13H18O2S6. The molecule has 8 heteroatoms. The molecule has 0 saturated heterocycles. The summed E-state index contributed by atoms with van der Waals surface area (Å²) in [5.41, 5.74) is 0.